The molecule has 0 radical (unpaired) electrons. The number of para-hydroxylation sites is 1. The monoisotopic (exact) mass is 461 g/mol. The number of amides is 2. The van der Waals surface area contributed by atoms with Crippen molar-refractivity contribution in [1.82, 2.24) is 9.88 Å². The van der Waals surface area contributed by atoms with E-state index in [2.05, 4.69) is 10.3 Å². The first-order valence-corrected chi connectivity index (χ1v) is 11.6. The number of hydrogen-bond donors (Lipinski definition) is 1. The number of likely N-dealkylation sites (tertiary alicyclic amines) is 1. The minimum Gasteiger partial charge on any atom is -0.490 e. The second kappa shape index (κ2) is 9.71. The average Bonchev–Trinajstić information content (AvgIpc) is 2.79. The molecule has 3 aromatic rings. The summed E-state index contributed by atoms with van der Waals surface area (Å²) >= 11 is 0. The number of aryl methyl sites for hydroxylation is 1. The molecule has 0 spiro atoms. The van der Waals surface area contributed by atoms with Gasteiger partial charge in [0.2, 0.25) is 5.91 Å². The van der Waals surface area contributed by atoms with Crippen LogP contribution in [0.1, 0.15) is 39.2 Å². The Morgan fingerprint density at radius 3 is 2.65 bits per heavy atom. The van der Waals surface area contributed by atoms with E-state index in [9.17, 15) is 9.59 Å². The number of anilines is 1. The molecule has 2 heterocycles. The van der Waals surface area contributed by atoms with E-state index in [-0.39, 0.29) is 12.0 Å². The van der Waals surface area contributed by atoms with Crippen LogP contribution in [-0.2, 0) is 9.53 Å². The summed E-state index contributed by atoms with van der Waals surface area (Å²) in [5.74, 6) is 0.477. The zero-order chi connectivity index (χ0) is 24.3. The molecule has 0 unspecified atom stereocenters. The molecule has 0 bridgehead atoms. The number of rotatable bonds is 4. The van der Waals surface area contributed by atoms with E-state index < -0.39 is 17.7 Å². The van der Waals surface area contributed by atoms with Gasteiger partial charge < -0.3 is 14.8 Å². The predicted octanol–water partition coefficient (Wildman–Crippen LogP) is 5.33. The average molecular weight is 462 g/mol. The lowest BCUT2D eigenvalue weighted by Crippen LogP contribution is -2.55. The van der Waals surface area contributed by atoms with Crippen LogP contribution in [0.3, 0.4) is 0 Å². The van der Waals surface area contributed by atoms with E-state index in [1.807, 2.05) is 82.4 Å². The zero-order valence-corrected chi connectivity index (χ0v) is 20.1. The normalized spacial score (nSPS) is 18.4. The highest BCUT2D eigenvalue weighted by molar-refractivity contribution is 5.97. The number of aromatic nitrogens is 1. The third-order valence-corrected chi connectivity index (χ3v) is 5.80. The summed E-state index contributed by atoms with van der Waals surface area (Å²) in [5.41, 5.74) is 1.03. The van der Waals surface area contributed by atoms with Crippen LogP contribution in [0.5, 0.6) is 5.75 Å². The number of nitrogens with zero attached hydrogens (tertiary/aromatic N) is 2. The van der Waals surface area contributed by atoms with Crippen molar-refractivity contribution in [1.29, 1.82) is 0 Å². The van der Waals surface area contributed by atoms with Crippen LogP contribution in [0.15, 0.2) is 60.9 Å². The number of benzene rings is 2. The van der Waals surface area contributed by atoms with Gasteiger partial charge in [0, 0.05) is 42.9 Å². The van der Waals surface area contributed by atoms with E-state index in [1.165, 1.54) is 4.90 Å². The third-order valence-electron chi connectivity index (χ3n) is 5.80. The fourth-order valence-corrected chi connectivity index (χ4v) is 4.08. The minimum atomic E-state index is -0.710. The van der Waals surface area contributed by atoms with E-state index >= 15 is 0 Å². The fraction of sp³-hybridized carbons (Fsp3) is 0.370. The largest absolute Gasteiger partial charge is 0.490 e. The number of fused-ring (bicyclic) bond motifs is 1. The molecule has 1 aliphatic heterocycles. The molecule has 1 aliphatic rings. The van der Waals surface area contributed by atoms with Gasteiger partial charge in [0.1, 0.15) is 23.5 Å². The lowest BCUT2D eigenvalue weighted by Gasteiger charge is -2.39. The number of carbonyl (C=O) groups is 2. The summed E-state index contributed by atoms with van der Waals surface area (Å²) in [4.78, 5) is 31.9. The molecule has 4 rings (SSSR count). The molecule has 2 aromatic carbocycles. The summed E-state index contributed by atoms with van der Waals surface area (Å²) in [6.45, 7) is 7.75. The maximum atomic E-state index is 13.3. The van der Waals surface area contributed by atoms with Crippen molar-refractivity contribution in [3.8, 4) is 5.75 Å². The number of piperidine rings is 1. The molecular weight excluding hydrogens is 430 g/mol. The van der Waals surface area contributed by atoms with Crippen LogP contribution in [0, 0.1) is 6.92 Å². The van der Waals surface area contributed by atoms with Crippen molar-refractivity contribution in [2.45, 2.75) is 58.3 Å². The van der Waals surface area contributed by atoms with Crippen LogP contribution >= 0.6 is 0 Å². The highest BCUT2D eigenvalue weighted by atomic mass is 16.6. The highest BCUT2D eigenvalue weighted by Crippen LogP contribution is 2.28. The van der Waals surface area contributed by atoms with Crippen molar-refractivity contribution in [3.63, 3.8) is 0 Å². The number of nitrogens with one attached hydrogen (secondary N) is 1. The van der Waals surface area contributed by atoms with E-state index in [0.717, 1.165) is 27.8 Å². The molecule has 1 fully saturated rings. The second-order valence-corrected chi connectivity index (χ2v) is 9.64. The predicted molar refractivity (Wildman–Crippen MR) is 132 cm³/mol. The Labute approximate surface area is 200 Å². The van der Waals surface area contributed by atoms with Gasteiger partial charge in [0.05, 0.1) is 0 Å². The zero-order valence-electron chi connectivity index (χ0n) is 20.1. The van der Waals surface area contributed by atoms with Gasteiger partial charge in [0.15, 0.2) is 0 Å². The maximum Gasteiger partial charge on any atom is 0.410 e. The van der Waals surface area contributed by atoms with Gasteiger partial charge in [-0.15, -0.1) is 0 Å². The number of carbonyl (C=O) groups excluding carboxylic acids is 2. The Bertz CT molecular complexity index is 1190. The molecule has 178 valence electrons. The van der Waals surface area contributed by atoms with E-state index in [1.54, 1.807) is 6.20 Å². The van der Waals surface area contributed by atoms with Crippen LogP contribution in [0.25, 0.3) is 10.8 Å². The Hall–Kier alpha value is -3.61. The number of hydrogen-bond acceptors (Lipinski definition) is 5. The first kappa shape index (κ1) is 23.5. The van der Waals surface area contributed by atoms with E-state index in [4.69, 9.17) is 9.47 Å². The lowest BCUT2D eigenvalue weighted by atomic mass is 9.98. The highest BCUT2D eigenvalue weighted by Gasteiger charge is 2.39. The minimum absolute atomic E-state index is 0.217. The SMILES string of the molecule is Cc1ccccc1NC(=O)[C@H]1C[C@H](Oc2ccc3cnccc3c2)CCN1C(=O)OC(C)(C)C. The molecule has 34 heavy (non-hydrogen) atoms. The molecule has 7 heteroatoms. The summed E-state index contributed by atoms with van der Waals surface area (Å²) < 4.78 is 11.9. The van der Waals surface area contributed by atoms with Crippen molar-refractivity contribution in [3.05, 3.63) is 66.5 Å². The Kier molecular flexibility index (Phi) is 6.72. The topological polar surface area (TPSA) is 80.8 Å². The van der Waals surface area contributed by atoms with Crippen molar-refractivity contribution < 1.29 is 19.1 Å². The second-order valence-electron chi connectivity index (χ2n) is 9.64. The van der Waals surface area contributed by atoms with Gasteiger partial charge in [-0.1, -0.05) is 18.2 Å². The van der Waals surface area contributed by atoms with Crippen LogP contribution < -0.4 is 10.1 Å². The summed E-state index contributed by atoms with van der Waals surface area (Å²) in [6.07, 6.45) is 3.81. The van der Waals surface area contributed by atoms with Gasteiger partial charge >= 0.3 is 6.09 Å². The Morgan fingerprint density at radius 1 is 1.09 bits per heavy atom. The number of pyridine rings is 1. The fourth-order valence-electron chi connectivity index (χ4n) is 4.08. The van der Waals surface area contributed by atoms with E-state index in [0.29, 0.717) is 19.4 Å². The standard InChI is InChI=1S/C27H31N3O4/c1-18-7-5-6-8-23(18)29-25(31)24-16-22(12-14-30(24)26(32)34-27(2,3)4)33-21-10-9-20-17-28-13-11-19(20)15-21/h5-11,13,15,17,22,24H,12,14,16H2,1-4H3,(H,29,31)/t22-,24-/m1/s1. The van der Waals surface area contributed by atoms with Crippen LogP contribution in [0.2, 0.25) is 0 Å². The van der Waals surface area contributed by atoms with Crippen molar-refractivity contribution >= 4 is 28.5 Å². The summed E-state index contributed by atoms with van der Waals surface area (Å²) in [7, 11) is 0. The molecular formula is C27H31N3O4. The quantitative estimate of drug-likeness (QED) is 0.568. The third kappa shape index (κ3) is 5.65. The molecule has 1 aromatic heterocycles. The van der Waals surface area contributed by atoms with Gasteiger partial charge in [-0.25, -0.2) is 4.79 Å². The Balaban J connectivity index is 1.53. The van der Waals surface area contributed by atoms with Gasteiger partial charge in [-0.2, -0.15) is 0 Å². The molecule has 7 nitrogen and oxygen atoms in total. The van der Waals surface area contributed by atoms with Gasteiger partial charge in [0.25, 0.3) is 0 Å². The molecule has 2 atom stereocenters. The van der Waals surface area contributed by atoms with Crippen molar-refractivity contribution in [2.24, 2.45) is 0 Å². The molecule has 0 saturated carbocycles. The van der Waals surface area contributed by atoms with Crippen LogP contribution in [0.4, 0.5) is 10.5 Å². The van der Waals surface area contributed by atoms with Crippen LogP contribution in [-0.4, -0.2) is 46.2 Å². The first-order chi connectivity index (χ1) is 16.2. The first-order valence-electron chi connectivity index (χ1n) is 11.6. The number of ether oxygens (including phenoxy) is 2. The molecule has 1 N–H and O–H groups in total. The molecule has 1 saturated heterocycles. The summed E-state index contributed by atoms with van der Waals surface area (Å²) in [5, 5.41) is 5.05. The van der Waals surface area contributed by atoms with Gasteiger partial charge in [-0.3, -0.25) is 14.7 Å². The Morgan fingerprint density at radius 2 is 1.88 bits per heavy atom. The van der Waals surface area contributed by atoms with Crippen molar-refractivity contribution in [2.75, 3.05) is 11.9 Å². The van der Waals surface area contributed by atoms with Gasteiger partial charge in [-0.05, 0) is 69.0 Å². The lowest BCUT2D eigenvalue weighted by molar-refractivity contribution is -0.123. The molecule has 0 aliphatic carbocycles. The molecule has 2 amide bonds. The maximum absolute atomic E-state index is 13.3. The summed E-state index contributed by atoms with van der Waals surface area (Å²) in [6, 6.07) is 14.7. The smallest absolute Gasteiger partial charge is 0.410 e.